The number of carbonyl (C=O) groups is 1. The quantitative estimate of drug-likeness (QED) is 0.405. The van der Waals surface area contributed by atoms with Crippen LogP contribution in [0.25, 0.3) is 0 Å². The molecule has 0 saturated heterocycles. The van der Waals surface area contributed by atoms with E-state index in [-0.39, 0.29) is 35.0 Å². The second-order valence-corrected chi connectivity index (χ2v) is 14.0. The predicted molar refractivity (Wildman–Crippen MR) is 168 cm³/mol. The maximum absolute atomic E-state index is 12.3. The highest BCUT2D eigenvalue weighted by molar-refractivity contribution is 5.91. The molecule has 2 bridgehead atoms. The predicted octanol–water partition coefficient (Wildman–Crippen LogP) is 6.93. The highest BCUT2D eigenvalue weighted by Crippen LogP contribution is 2.40. The largest absolute Gasteiger partial charge is 0.487 e. The molecule has 2 aromatic rings. The van der Waals surface area contributed by atoms with E-state index in [4.69, 9.17) is 28.4 Å². The third kappa shape index (κ3) is 11.1. The van der Waals surface area contributed by atoms with E-state index in [1.54, 1.807) is 0 Å². The number of hydrogen-bond donors (Lipinski definition) is 1. The fraction of sp³-hybridized carbons (Fsp3) is 0.629. The molecule has 43 heavy (non-hydrogen) atoms. The van der Waals surface area contributed by atoms with Gasteiger partial charge in [0.2, 0.25) is 0 Å². The van der Waals surface area contributed by atoms with E-state index < -0.39 is 5.97 Å². The lowest BCUT2D eigenvalue weighted by molar-refractivity contribution is 0.0287. The molecule has 1 N–H and O–H groups in total. The smallest absolute Gasteiger partial charge is 0.336 e. The molecule has 0 atom stereocenters. The second-order valence-electron chi connectivity index (χ2n) is 14.0. The van der Waals surface area contributed by atoms with Crippen molar-refractivity contribution in [2.24, 2.45) is 5.41 Å². The van der Waals surface area contributed by atoms with Gasteiger partial charge in [-0.25, -0.2) is 4.79 Å². The maximum Gasteiger partial charge on any atom is 0.336 e. The van der Waals surface area contributed by atoms with Crippen LogP contribution in [-0.4, -0.2) is 63.9 Å². The minimum atomic E-state index is -0.998. The number of ether oxygens (including phenoxy) is 6. The van der Waals surface area contributed by atoms with Gasteiger partial charge in [-0.3, -0.25) is 0 Å². The maximum atomic E-state index is 12.3. The van der Waals surface area contributed by atoms with Gasteiger partial charge in [0.25, 0.3) is 0 Å². The van der Waals surface area contributed by atoms with Crippen molar-refractivity contribution < 1.29 is 38.3 Å². The van der Waals surface area contributed by atoms with Gasteiger partial charge >= 0.3 is 5.97 Å². The Morgan fingerprint density at radius 1 is 0.651 bits per heavy atom. The zero-order chi connectivity index (χ0) is 31.7. The van der Waals surface area contributed by atoms with Crippen molar-refractivity contribution in [3.05, 3.63) is 58.1 Å². The molecule has 0 aromatic heterocycles. The van der Waals surface area contributed by atoms with Crippen LogP contribution in [0.5, 0.6) is 11.5 Å². The van der Waals surface area contributed by atoms with Gasteiger partial charge in [-0.2, -0.15) is 0 Å². The summed E-state index contributed by atoms with van der Waals surface area (Å²) in [6.07, 6.45) is 1.02. The number of rotatable bonds is 3. The van der Waals surface area contributed by atoms with Crippen molar-refractivity contribution in [2.75, 3.05) is 52.9 Å². The molecule has 0 saturated carbocycles. The Labute approximate surface area is 258 Å². The summed E-state index contributed by atoms with van der Waals surface area (Å²) in [7, 11) is 0. The first-order valence-electron chi connectivity index (χ1n) is 15.3. The van der Waals surface area contributed by atoms with Crippen molar-refractivity contribution in [1.29, 1.82) is 0 Å². The number of hydrogen-bond acceptors (Lipinski definition) is 7. The topological polar surface area (TPSA) is 92.7 Å². The molecule has 1 aliphatic heterocycles. The Morgan fingerprint density at radius 3 is 1.63 bits per heavy atom. The highest BCUT2D eigenvalue weighted by atomic mass is 16.6. The first-order chi connectivity index (χ1) is 20.2. The fourth-order valence-corrected chi connectivity index (χ4v) is 5.52. The summed E-state index contributed by atoms with van der Waals surface area (Å²) in [5.74, 6) is 0.352. The molecule has 0 radical (unpaired) electrons. The first-order valence-corrected chi connectivity index (χ1v) is 15.3. The van der Waals surface area contributed by atoms with Crippen LogP contribution in [0.1, 0.15) is 94.4 Å². The van der Waals surface area contributed by atoms with Crippen LogP contribution in [-0.2, 0) is 43.0 Å². The Hall–Kier alpha value is -2.65. The summed E-state index contributed by atoms with van der Waals surface area (Å²) in [6, 6.07) is 10.0. The van der Waals surface area contributed by atoms with E-state index in [0.717, 1.165) is 12.0 Å². The number of carboxylic acid groups (broad SMARTS) is 1. The average Bonchev–Trinajstić information content (AvgIpc) is 2.89. The Morgan fingerprint density at radius 2 is 1.14 bits per heavy atom. The number of carboxylic acids is 1. The van der Waals surface area contributed by atoms with Crippen LogP contribution < -0.4 is 9.47 Å². The lowest BCUT2D eigenvalue weighted by Gasteiger charge is -2.33. The van der Waals surface area contributed by atoms with Crippen molar-refractivity contribution in [2.45, 2.75) is 85.9 Å². The summed E-state index contributed by atoms with van der Waals surface area (Å²) >= 11 is 0. The lowest BCUT2D eigenvalue weighted by atomic mass is 9.72. The number of benzene rings is 2. The molecule has 0 fully saturated rings. The third-order valence-corrected chi connectivity index (χ3v) is 7.31. The van der Waals surface area contributed by atoms with E-state index in [9.17, 15) is 9.90 Å². The number of fused-ring (bicyclic) bond motifs is 3. The molecule has 3 rings (SSSR count). The van der Waals surface area contributed by atoms with E-state index in [1.807, 2.05) is 18.2 Å². The summed E-state index contributed by atoms with van der Waals surface area (Å²) in [6.45, 7) is 20.8. The minimum Gasteiger partial charge on any atom is -0.487 e. The van der Waals surface area contributed by atoms with E-state index in [0.29, 0.717) is 75.5 Å². The van der Waals surface area contributed by atoms with Crippen molar-refractivity contribution in [3.8, 4) is 11.5 Å². The van der Waals surface area contributed by atoms with Crippen LogP contribution in [0.2, 0.25) is 0 Å². The van der Waals surface area contributed by atoms with Crippen molar-refractivity contribution in [1.82, 2.24) is 0 Å². The van der Waals surface area contributed by atoms with Gasteiger partial charge in [-0.15, -0.1) is 0 Å². The molecule has 0 unspecified atom stereocenters. The van der Waals surface area contributed by atoms with Gasteiger partial charge in [0.05, 0.1) is 58.4 Å². The van der Waals surface area contributed by atoms with Crippen LogP contribution in [0.15, 0.2) is 30.3 Å². The fourth-order valence-electron chi connectivity index (χ4n) is 5.52. The molecular weight excluding hydrogens is 548 g/mol. The van der Waals surface area contributed by atoms with Gasteiger partial charge in [0.1, 0.15) is 13.2 Å². The molecular formula is C35H52O8. The van der Waals surface area contributed by atoms with E-state index >= 15 is 0 Å². The van der Waals surface area contributed by atoms with Crippen LogP contribution in [0.3, 0.4) is 0 Å². The summed E-state index contributed by atoms with van der Waals surface area (Å²) in [5, 5.41) is 10.0. The summed E-state index contributed by atoms with van der Waals surface area (Å²) < 4.78 is 35.4. The van der Waals surface area contributed by atoms with Crippen LogP contribution in [0, 0.1) is 5.41 Å². The molecule has 2 aromatic carbocycles. The summed E-state index contributed by atoms with van der Waals surface area (Å²) in [5.41, 5.74) is 3.68. The van der Waals surface area contributed by atoms with Gasteiger partial charge in [-0.1, -0.05) is 73.6 Å². The zero-order valence-electron chi connectivity index (χ0n) is 27.5. The van der Waals surface area contributed by atoms with Gasteiger partial charge in [-0.05, 0) is 57.1 Å². The Kier molecular flexibility index (Phi) is 12.5. The van der Waals surface area contributed by atoms with Gasteiger partial charge in [0, 0.05) is 0 Å². The van der Waals surface area contributed by atoms with Crippen LogP contribution >= 0.6 is 0 Å². The first kappa shape index (κ1) is 34.8. The van der Waals surface area contributed by atoms with Crippen molar-refractivity contribution >= 4 is 5.97 Å². The average molecular weight is 601 g/mol. The highest BCUT2D eigenvalue weighted by Gasteiger charge is 2.28. The monoisotopic (exact) mass is 600 g/mol. The standard InChI is InChI=1S/C35H52O8/c1-33(2,3)24-35(7,8)27-9-10-29-30(21-27)43-18-16-39-12-14-41-23-26-20-28(34(4,5)6)19-25(31(26)32(36)37)22-40-13-11-38-15-17-42-29/h9-10,19-21H,11-18,22-24H2,1-8H3,(H,36,37). The molecule has 1 heterocycles. The minimum absolute atomic E-state index is 0.0390. The molecule has 240 valence electrons. The summed E-state index contributed by atoms with van der Waals surface area (Å²) in [4.78, 5) is 12.3. The molecule has 1 aliphatic rings. The Balaban J connectivity index is 1.73. The molecule has 8 heteroatoms. The third-order valence-electron chi connectivity index (χ3n) is 7.31. The zero-order valence-corrected chi connectivity index (χ0v) is 27.5. The van der Waals surface area contributed by atoms with E-state index in [1.165, 1.54) is 5.56 Å². The normalized spacial score (nSPS) is 17.1. The van der Waals surface area contributed by atoms with Crippen molar-refractivity contribution in [3.63, 3.8) is 0 Å². The van der Waals surface area contributed by atoms with E-state index in [2.05, 4.69) is 67.5 Å². The second kappa shape index (κ2) is 15.4. The van der Waals surface area contributed by atoms with Gasteiger partial charge in [0.15, 0.2) is 11.5 Å². The SMILES string of the molecule is CC(C)(C)CC(C)(C)c1ccc2c(c1)OCCOCCOCc1cc(C(C)(C)C)cc(c1C(=O)O)COCCOCCO2. The van der Waals surface area contributed by atoms with Crippen LogP contribution in [0.4, 0.5) is 0 Å². The molecule has 8 nitrogen and oxygen atoms in total. The molecule has 0 spiro atoms. The number of aromatic carboxylic acids is 1. The molecule has 0 amide bonds. The lowest BCUT2D eigenvalue weighted by Crippen LogP contribution is -2.25. The molecule has 0 aliphatic carbocycles. The van der Waals surface area contributed by atoms with Gasteiger partial charge < -0.3 is 33.5 Å². The Bertz CT molecular complexity index is 1190.